The van der Waals surface area contributed by atoms with Gasteiger partial charge in [-0.3, -0.25) is 14.5 Å². The van der Waals surface area contributed by atoms with Crippen molar-refractivity contribution in [3.63, 3.8) is 0 Å². The van der Waals surface area contributed by atoms with Gasteiger partial charge in [0.15, 0.2) is 0 Å². The van der Waals surface area contributed by atoms with E-state index in [0.29, 0.717) is 18.7 Å². The zero-order valence-corrected chi connectivity index (χ0v) is 15.2. The summed E-state index contributed by atoms with van der Waals surface area (Å²) in [5.41, 5.74) is 0. The molecule has 1 amide bonds. The Morgan fingerprint density at radius 2 is 1.52 bits per heavy atom. The molecule has 5 nitrogen and oxygen atoms in total. The fourth-order valence-corrected chi connectivity index (χ4v) is 2.96. The lowest BCUT2D eigenvalue weighted by atomic mass is 10.1. The van der Waals surface area contributed by atoms with Gasteiger partial charge in [-0.15, -0.1) is 11.6 Å². The first kappa shape index (κ1) is 20.2. The Bertz CT molecular complexity index is 345. The lowest BCUT2D eigenvalue weighted by molar-refractivity contribution is -0.140. The van der Waals surface area contributed by atoms with Gasteiger partial charge in [0.05, 0.1) is 7.11 Å². The molecule has 1 fully saturated rings. The predicted octanol–water partition coefficient (Wildman–Crippen LogP) is 2.66. The molecule has 0 aromatic rings. The summed E-state index contributed by atoms with van der Waals surface area (Å²) in [5, 5.41) is 0. The third-order valence-corrected chi connectivity index (χ3v) is 4.60. The van der Waals surface area contributed by atoms with E-state index in [2.05, 4.69) is 9.64 Å². The molecular weight excluding hydrogens is 316 g/mol. The zero-order valence-electron chi connectivity index (χ0n) is 14.4. The molecule has 0 atom stereocenters. The number of ether oxygens (including phenoxy) is 1. The van der Waals surface area contributed by atoms with Crippen LogP contribution in [0.25, 0.3) is 0 Å². The SMILES string of the molecule is COC(=O)CCCCCCCC(=O)N1CCN(CCCCl)CC1. The number of piperazine rings is 1. The predicted molar refractivity (Wildman–Crippen MR) is 92.7 cm³/mol. The lowest BCUT2D eigenvalue weighted by Gasteiger charge is -2.34. The third kappa shape index (κ3) is 9.16. The maximum Gasteiger partial charge on any atom is 0.305 e. The maximum absolute atomic E-state index is 12.2. The number of esters is 1. The molecule has 1 rings (SSSR count). The Balaban J connectivity index is 1.99. The van der Waals surface area contributed by atoms with E-state index in [4.69, 9.17) is 11.6 Å². The van der Waals surface area contributed by atoms with Crippen molar-refractivity contribution in [3.8, 4) is 0 Å². The number of halogens is 1. The van der Waals surface area contributed by atoms with E-state index in [-0.39, 0.29) is 11.9 Å². The number of alkyl halides is 1. The first-order valence-corrected chi connectivity index (χ1v) is 9.33. The van der Waals surface area contributed by atoms with E-state index in [9.17, 15) is 9.59 Å². The number of unbranched alkanes of at least 4 members (excludes halogenated alkanes) is 4. The van der Waals surface area contributed by atoms with E-state index in [1.807, 2.05) is 4.90 Å². The van der Waals surface area contributed by atoms with Gasteiger partial charge in [0.1, 0.15) is 0 Å². The molecule has 0 aliphatic carbocycles. The molecule has 0 radical (unpaired) electrons. The molecule has 0 N–H and O–H groups in total. The largest absolute Gasteiger partial charge is 0.469 e. The van der Waals surface area contributed by atoms with E-state index < -0.39 is 0 Å². The van der Waals surface area contributed by atoms with Gasteiger partial charge in [0.25, 0.3) is 0 Å². The van der Waals surface area contributed by atoms with Crippen molar-refractivity contribution in [2.24, 2.45) is 0 Å². The lowest BCUT2D eigenvalue weighted by Crippen LogP contribution is -2.48. The van der Waals surface area contributed by atoms with Gasteiger partial charge in [-0.2, -0.15) is 0 Å². The van der Waals surface area contributed by atoms with Crippen molar-refractivity contribution < 1.29 is 14.3 Å². The first-order chi connectivity index (χ1) is 11.2. The molecule has 0 aromatic carbocycles. The van der Waals surface area contributed by atoms with Crippen LogP contribution in [0.3, 0.4) is 0 Å². The summed E-state index contributed by atoms with van der Waals surface area (Å²) in [6.45, 7) is 4.67. The Morgan fingerprint density at radius 1 is 0.913 bits per heavy atom. The summed E-state index contributed by atoms with van der Waals surface area (Å²) < 4.78 is 4.61. The highest BCUT2D eigenvalue weighted by Crippen LogP contribution is 2.10. The first-order valence-electron chi connectivity index (χ1n) is 8.80. The number of rotatable bonds is 11. The topological polar surface area (TPSA) is 49.9 Å². The van der Waals surface area contributed by atoms with Crippen LogP contribution in [0.2, 0.25) is 0 Å². The Labute approximate surface area is 145 Å². The molecule has 1 aliphatic heterocycles. The van der Waals surface area contributed by atoms with Crippen LogP contribution in [-0.4, -0.2) is 67.4 Å². The summed E-state index contributed by atoms with van der Waals surface area (Å²) in [5.74, 6) is 0.862. The molecule has 1 aliphatic rings. The third-order valence-electron chi connectivity index (χ3n) is 4.33. The Kier molecular flexibility index (Phi) is 11.1. The summed E-state index contributed by atoms with van der Waals surface area (Å²) in [6, 6.07) is 0. The van der Waals surface area contributed by atoms with Gasteiger partial charge in [-0.05, 0) is 25.8 Å². The number of amides is 1. The molecule has 1 saturated heterocycles. The van der Waals surface area contributed by atoms with Crippen LogP contribution in [0.1, 0.15) is 51.4 Å². The summed E-state index contributed by atoms with van der Waals surface area (Å²) in [6.07, 6.45) is 7.17. The van der Waals surface area contributed by atoms with Crippen molar-refractivity contribution >= 4 is 23.5 Å². The van der Waals surface area contributed by atoms with Crippen LogP contribution >= 0.6 is 11.6 Å². The monoisotopic (exact) mass is 346 g/mol. The molecule has 6 heteroatoms. The van der Waals surface area contributed by atoms with Gasteiger partial charge in [0, 0.05) is 44.9 Å². The van der Waals surface area contributed by atoms with E-state index in [0.717, 1.165) is 71.2 Å². The van der Waals surface area contributed by atoms with Gasteiger partial charge >= 0.3 is 5.97 Å². The molecule has 0 saturated carbocycles. The second-order valence-corrected chi connectivity index (χ2v) is 6.49. The average Bonchev–Trinajstić information content (AvgIpc) is 2.59. The van der Waals surface area contributed by atoms with Crippen LogP contribution < -0.4 is 0 Å². The van der Waals surface area contributed by atoms with Crippen molar-refractivity contribution in [1.82, 2.24) is 9.80 Å². The van der Waals surface area contributed by atoms with Gasteiger partial charge in [0.2, 0.25) is 5.91 Å². The number of carbonyl (C=O) groups is 2. The average molecular weight is 347 g/mol. The van der Waals surface area contributed by atoms with Crippen LogP contribution in [0.4, 0.5) is 0 Å². The highest BCUT2D eigenvalue weighted by Gasteiger charge is 2.20. The fourth-order valence-electron chi connectivity index (χ4n) is 2.84. The molecule has 0 spiro atoms. The van der Waals surface area contributed by atoms with E-state index >= 15 is 0 Å². The molecule has 0 aromatic heterocycles. The smallest absolute Gasteiger partial charge is 0.305 e. The molecular formula is C17H31ClN2O3. The normalized spacial score (nSPS) is 15.7. The standard InChI is InChI=1S/C17H31ClN2O3/c1-23-17(22)9-6-4-2-3-5-8-16(21)20-14-12-19(13-15-20)11-7-10-18/h2-15H2,1H3. The zero-order chi connectivity index (χ0) is 16.9. The number of methoxy groups -OCH3 is 1. The Hall–Kier alpha value is -0.810. The molecule has 0 bridgehead atoms. The highest BCUT2D eigenvalue weighted by molar-refractivity contribution is 6.17. The van der Waals surface area contributed by atoms with Crippen LogP contribution in [-0.2, 0) is 14.3 Å². The maximum atomic E-state index is 12.2. The van der Waals surface area contributed by atoms with E-state index in [1.54, 1.807) is 0 Å². The van der Waals surface area contributed by atoms with Gasteiger partial charge in [-0.1, -0.05) is 19.3 Å². The fraction of sp³-hybridized carbons (Fsp3) is 0.882. The minimum absolute atomic E-state index is 0.134. The number of hydrogen-bond acceptors (Lipinski definition) is 4. The minimum Gasteiger partial charge on any atom is -0.469 e. The van der Waals surface area contributed by atoms with Crippen LogP contribution in [0.15, 0.2) is 0 Å². The summed E-state index contributed by atoms with van der Waals surface area (Å²) in [4.78, 5) is 27.5. The number of nitrogens with zero attached hydrogens (tertiary/aromatic N) is 2. The highest BCUT2D eigenvalue weighted by atomic mass is 35.5. The molecule has 134 valence electrons. The minimum atomic E-state index is -0.134. The van der Waals surface area contributed by atoms with Gasteiger partial charge < -0.3 is 9.64 Å². The second-order valence-electron chi connectivity index (χ2n) is 6.11. The molecule has 23 heavy (non-hydrogen) atoms. The van der Waals surface area contributed by atoms with Gasteiger partial charge in [-0.25, -0.2) is 0 Å². The van der Waals surface area contributed by atoms with E-state index in [1.165, 1.54) is 7.11 Å². The molecule has 1 heterocycles. The summed E-state index contributed by atoms with van der Waals surface area (Å²) >= 11 is 5.71. The second kappa shape index (κ2) is 12.6. The van der Waals surface area contributed by atoms with Crippen molar-refractivity contribution in [2.45, 2.75) is 51.4 Å². The van der Waals surface area contributed by atoms with Crippen LogP contribution in [0, 0.1) is 0 Å². The molecule has 0 unspecified atom stereocenters. The van der Waals surface area contributed by atoms with Crippen molar-refractivity contribution in [1.29, 1.82) is 0 Å². The van der Waals surface area contributed by atoms with Crippen LogP contribution in [0.5, 0.6) is 0 Å². The van der Waals surface area contributed by atoms with Crippen molar-refractivity contribution in [2.75, 3.05) is 45.7 Å². The quantitative estimate of drug-likeness (QED) is 0.328. The number of carbonyl (C=O) groups excluding carboxylic acids is 2. The number of hydrogen-bond donors (Lipinski definition) is 0. The Morgan fingerprint density at radius 3 is 2.13 bits per heavy atom. The summed E-state index contributed by atoms with van der Waals surface area (Å²) in [7, 11) is 1.42. The van der Waals surface area contributed by atoms with Crippen molar-refractivity contribution in [3.05, 3.63) is 0 Å².